The summed E-state index contributed by atoms with van der Waals surface area (Å²) in [4.78, 5) is 11.0. The van der Waals surface area contributed by atoms with Crippen molar-refractivity contribution in [2.24, 2.45) is 0 Å². The van der Waals surface area contributed by atoms with Crippen molar-refractivity contribution < 1.29 is 32.0 Å². The minimum absolute atomic E-state index is 0.244. The van der Waals surface area contributed by atoms with E-state index in [1.54, 1.807) is 38.1 Å². The van der Waals surface area contributed by atoms with Gasteiger partial charge in [0.15, 0.2) is 0 Å². The summed E-state index contributed by atoms with van der Waals surface area (Å²) >= 11 is 0. The third kappa shape index (κ3) is 3.68. The van der Waals surface area contributed by atoms with E-state index in [2.05, 4.69) is 5.32 Å². The van der Waals surface area contributed by atoms with Gasteiger partial charge in [-0.15, -0.1) is 0 Å². The van der Waals surface area contributed by atoms with Gasteiger partial charge in [-0.25, -0.2) is 0 Å². The highest BCUT2D eigenvalue weighted by Gasteiger charge is 2.68. The number of amides is 1. The number of hydrogen-bond acceptors (Lipinski definition) is 7. The lowest BCUT2D eigenvalue weighted by Gasteiger charge is -2.25. The van der Waals surface area contributed by atoms with E-state index in [4.69, 9.17) is 18.1 Å². The first kappa shape index (κ1) is 21.3. The lowest BCUT2D eigenvalue weighted by molar-refractivity contribution is -0.110. The van der Waals surface area contributed by atoms with Crippen molar-refractivity contribution in [3.63, 3.8) is 0 Å². The molecule has 0 aliphatic heterocycles. The predicted molar refractivity (Wildman–Crippen MR) is 97.8 cm³/mol. The fraction of sp³-hybridized carbons (Fsp3) is 0.562. The maximum atomic E-state index is 12.9. The van der Waals surface area contributed by atoms with Crippen molar-refractivity contribution in [3.8, 4) is 0 Å². The molecule has 0 spiro atoms. The van der Waals surface area contributed by atoms with E-state index in [1.807, 2.05) is 0 Å². The van der Waals surface area contributed by atoms with Crippen molar-refractivity contribution in [1.29, 1.82) is 0 Å². The van der Waals surface area contributed by atoms with Crippen LogP contribution in [0.15, 0.2) is 24.3 Å². The molecular formula is C16H25NO7P2. The summed E-state index contributed by atoms with van der Waals surface area (Å²) in [5, 5.41) is 1.96. The molecule has 1 aliphatic rings. The maximum absolute atomic E-state index is 12.9. The van der Waals surface area contributed by atoms with Crippen LogP contribution in [0.1, 0.15) is 31.7 Å². The highest BCUT2D eigenvalue weighted by Crippen LogP contribution is 2.74. The molecule has 8 nitrogen and oxygen atoms in total. The molecule has 1 aliphatic carbocycles. The Balaban J connectivity index is 2.30. The molecule has 1 aromatic carbocycles. The maximum Gasteiger partial charge on any atom is 0.361 e. The van der Waals surface area contributed by atoms with Crippen molar-refractivity contribution >= 4 is 26.9 Å². The van der Waals surface area contributed by atoms with Crippen LogP contribution in [0.3, 0.4) is 0 Å². The molecule has 0 heterocycles. The van der Waals surface area contributed by atoms with Crippen LogP contribution in [0.25, 0.3) is 0 Å². The number of carbonyl (C=O) groups is 1. The van der Waals surface area contributed by atoms with Crippen LogP contribution in [0, 0.1) is 0 Å². The average molecular weight is 405 g/mol. The second-order valence-electron chi connectivity index (χ2n) is 5.73. The van der Waals surface area contributed by atoms with E-state index >= 15 is 0 Å². The zero-order valence-corrected chi connectivity index (χ0v) is 17.1. The van der Waals surface area contributed by atoms with Gasteiger partial charge < -0.3 is 23.4 Å². The summed E-state index contributed by atoms with van der Waals surface area (Å²) in [7, 11) is -4.31. The number of rotatable bonds is 11. The molecule has 146 valence electrons. The van der Waals surface area contributed by atoms with Gasteiger partial charge in [0.1, 0.15) is 5.28 Å². The molecule has 1 amide bonds. The van der Waals surface area contributed by atoms with Gasteiger partial charge in [-0.05, 0) is 38.0 Å². The smallest absolute Gasteiger partial charge is 0.342 e. The number of carbonyl (C=O) groups excluding carboxylic acids is 1. The molecule has 10 heteroatoms. The second-order valence-corrected chi connectivity index (χ2v) is 10.3. The van der Waals surface area contributed by atoms with Gasteiger partial charge in [0, 0.05) is 20.1 Å². The van der Waals surface area contributed by atoms with Crippen LogP contribution in [-0.4, -0.2) is 39.1 Å². The largest absolute Gasteiger partial charge is 0.361 e. The molecule has 1 aromatic rings. The third-order valence-electron chi connectivity index (χ3n) is 4.42. The normalized spacial score (nSPS) is 22.8. The summed E-state index contributed by atoms with van der Waals surface area (Å²) < 4.78 is 46.5. The van der Waals surface area contributed by atoms with E-state index in [0.717, 1.165) is 5.56 Å². The van der Waals surface area contributed by atoms with E-state index in [9.17, 15) is 13.9 Å². The zero-order valence-electron chi connectivity index (χ0n) is 15.3. The summed E-state index contributed by atoms with van der Waals surface area (Å²) in [6, 6.07) is 6.84. The second kappa shape index (κ2) is 8.34. The average Bonchev–Trinajstić information content (AvgIpc) is 3.38. The highest BCUT2D eigenvalue weighted by atomic mass is 31.2. The Kier molecular flexibility index (Phi) is 6.83. The molecular weight excluding hydrogens is 380 g/mol. The topological polar surface area (TPSA) is 100 Å². The van der Waals surface area contributed by atoms with Crippen molar-refractivity contribution in [1.82, 2.24) is 5.32 Å². The first-order chi connectivity index (χ1) is 12.4. The van der Waals surface area contributed by atoms with Crippen LogP contribution in [0.5, 0.6) is 0 Å². The molecule has 1 saturated carbocycles. The Morgan fingerprint density at radius 2 is 1.65 bits per heavy atom. The molecule has 0 aromatic heterocycles. The summed E-state index contributed by atoms with van der Waals surface area (Å²) in [5.41, 5.74) is 0.817. The standard InChI is InChI=1S/C16H25NO7P2/c1-5-23-25(19,24-6-2)14-9-7-13(8-10-14)15-11-16(15,17-12-18)26(20,21-3)22-4/h7-10,12,15H,5-6,11H2,1-4H3,(H,17,18)/t15-,16-/m0/s1. The Hall–Kier alpha value is -1.01. The molecule has 0 unspecified atom stereocenters. The summed E-state index contributed by atoms with van der Waals surface area (Å²) in [6.45, 7) is 4.02. The monoisotopic (exact) mass is 405 g/mol. The number of nitrogens with one attached hydrogen (secondary N) is 1. The molecule has 1 fully saturated rings. The van der Waals surface area contributed by atoms with Gasteiger partial charge in [-0.3, -0.25) is 13.9 Å². The lowest BCUT2D eigenvalue weighted by atomic mass is 10.1. The van der Waals surface area contributed by atoms with E-state index in [1.165, 1.54) is 14.2 Å². The molecule has 2 atom stereocenters. The zero-order chi connectivity index (χ0) is 19.4. The van der Waals surface area contributed by atoms with Crippen LogP contribution >= 0.6 is 15.2 Å². The molecule has 2 rings (SSSR count). The minimum Gasteiger partial charge on any atom is -0.342 e. The Labute approximate surface area is 153 Å². The van der Waals surface area contributed by atoms with E-state index in [-0.39, 0.29) is 19.1 Å². The van der Waals surface area contributed by atoms with Gasteiger partial charge in [0.2, 0.25) is 6.41 Å². The SMILES string of the molecule is CCOP(=O)(OCC)c1ccc([C@@H]2C[C@]2(NC=O)P(=O)(OC)OC)cc1. The highest BCUT2D eigenvalue weighted by molar-refractivity contribution is 7.62. The molecule has 0 radical (unpaired) electrons. The van der Waals surface area contributed by atoms with Crippen LogP contribution < -0.4 is 10.6 Å². The van der Waals surface area contributed by atoms with Crippen LogP contribution in [-0.2, 0) is 32.0 Å². The minimum atomic E-state index is -3.52. The quantitative estimate of drug-likeness (QED) is 0.446. The number of benzene rings is 1. The Morgan fingerprint density at radius 3 is 2.08 bits per heavy atom. The van der Waals surface area contributed by atoms with Gasteiger partial charge in [0.25, 0.3) is 0 Å². The van der Waals surface area contributed by atoms with Crippen LogP contribution in [0.2, 0.25) is 0 Å². The first-order valence-electron chi connectivity index (χ1n) is 8.29. The fourth-order valence-electron chi connectivity index (χ4n) is 3.10. The van der Waals surface area contributed by atoms with Gasteiger partial charge in [-0.2, -0.15) is 0 Å². The predicted octanol–water partition coefficient (Wildman–Crippen LogP) is 2.99. The van der Waals surface area contributed by atoms with Crippen molar-refractivity contribution in [2.75, 3.05) is 27.4 Å². The fourth-order valence-corrected chi connectivity index (χ4v) is 6.62. The van der Waals surface area contributed by atoms with Gasteiger partial charge >= 0.3 is 15.2 Å². The first-order valence-corrected chi connectivity index (χ1v) is 11.4. The molecule has 1 N–H and O–H groups in total. The van der Waals surface area contributed by atoms with Crippen LogP contribution in [0.4, 0.5) is 0 Å². The Morgan fingerprint density at radius 1 is 1.12 bits per heavy atom. The lowest BCUT2D eigenvalue weighted by Crippen LogP contribution is -2.33. The van der Waals surface area contributed by atoms with E-state index < -0.39 is 20.5 Å². The number of hydrogen-bond donors (Lipinski definition) is 1. The third-order valence-corrected chi connectivity index (χ3v) is 9.11. The molecule has 0 bridgehead atoms. The van der Waals surface area contributed by atoms with E-state index in [0.29, 0.717) is 18.1 Å². The Bertz CT molecular complexity index is 706. The van der Waals surface area contributed by atoms with Crippen molar-refractivity contribution in [3.05, 3.63) is 29.8 Å². The van der Waals surface area contributed by atoms with Crippen molar-refractivity contribution in [2.45, 2.75) is 31.5 Å². The summed E-state index contributed by atoms with van der Waals surface area (Å²) in [6.07, 6.45) is 0.913. The van der Waals surface area contributed by atoms with Gasteiger partial charge in [-0.1, -0.05) is 12.1 Å². The molecule has 26 heavy (non-hydrogen) atoms. The van der Waals surface area contributed by atoms with Gasteiger partial charge in [0.05, 0.1) is 18.5 Å². The summed E-state index contributed by atoms with van der Waals surface area (Å²) in [5.74, 6) is -0.244. The molecule has 0 saturated heterocycles.